The number of carbonyl (C=O) groups is 1. The molecule has 1 N–H and O–H groups in total. The van der Waals surface area contributed by atoms with E-state index in [1.54, 1.807) is 0 Å². The number of carbonyl (C=O) groups excluding carboxylic acids is 1. The number of anilines is 1. The first-order chi connectivity index (χ1) is 7.29. The predicted octanol–water partition coefficient (Wildman–Crippen LogP) is 1.55. The molecule has 8 heteroatoms. The lowest BCUT2D eigenvalue weighted by Gasteiger charge is -2.08. The van der Waals surface area contributed by atoms with Gasteiger partial charge in [-0.05, 0) is 24.3 Å². The number of sulfone groups is 1. The minimum absolute atomic E-state index is 0.205. The van der Waals surface area contributed by atoms with Gasteiger partial charge in [0, 0.05) is 5.69 Å². The number of nitrogens with one attached hydrogen (secondary N) is 1. The molecule has 0 radical (unpaired) electrons. The van der Waals surface area contributed by atoms with E-state index in [0.29, 0.717) is 6.41 Å². The summed E-state index contributed by atoms with van der Waals surface area (Å²) < 4.78 is 58.1. The van der Waals surface area contributed by atoms with Crippen molar-refractivity contribution in [2.75, 3.05) is 5.32 Å². The Hall–Kier alpha value is -1.57. The molecule has 0 aliphatic rings. The lowest BCUT2D eigenvalue weighted by atomic mass is 10.3. The second kappa shape index (κ2) is 4.12. The third-order valence-corrected chi connectivity index (χ3v) is 3.20. The molecule has 0 saturated carbocycles. The van der Waals surface area contributed by atoms with Crippen molar-refractivity contribution in [1.29, 1.82) is 0 Å². The molecule has 4 nitrogen and oxygen atoms in total. The normalized spacial score (nSPS) is 12.2. The standard InChI is InChI=1S/C8H6F3NO3S/c9-8(10,11)16(14,15)7-3-1-6(2-4-7)12-5-13/h1-5H,(H,12,13). The molecule has 1 rings (SSSR count). The summed E-state index contributed by atoms with van der Waals surface area (Å²) in [6.45, 7) is 0. The maximum atomic E-state index is 12.1. The van der Waals surface area contributed by atoms with E-state index in [1.807, 2.05) is 0 Å². The number of alkyl halides is 3. The molecular weight excluding hydrogens is 247 g/mol. The maximum absolute atomic E-state index is 12.1. The van der Waals surface area contributed by atoms with Crippen molar-refractivity contribution >= 4 is 21.9 Å². The van der Waals surface area contributed by atoms with Gasteiger partial charge >= 0.3 is 5.51 Å². The zero-order valence-corrected chi connectivity index (χ0v) is 8.47. The number of hydrogen-bond donors (Lipinski definition) is 1. The van der Waals surface area contributed by atoms with Gasteiger partial charge in [-0.2, -0.15) is 13.2 Å². The highest BCUT2D eigenvalue weighted by Gasteiger charge is 2.46. The van der Waals surface area contributed by atoms with Gasteiger partial charge in [0.15, 0.2) is 0 Å². The Morgan fingerprint density at radius 1 is 1.12 bits per heavy atom. The van der Waals surface area contributed by atoms with Gasteiger partial charge < -0.3 is 5.32 Å². The van der Waals surface area contributed by atoms with Crippen molar-refractivity contribution in [3.05, 3.63) is 24.3 Å². The SMILES string of the molecule is O=CNc1ccc(S(=O)(=O)C(F)(F)F)cc1. The molecule has 1 aromatic rings. The van der Waals surface area contributed by atoms with Crippen LogP contribution in [-0.4, -0.2) is 20.3 Å². The van der Waals surface area contributed by atoms with E-state index in [1.165, 1.54) is 0 Å². The largest absolute Gasteiger partial charge is 0.501 e. The highest BCUT2D eigenvalue weighted by molar-refractivity contribution is 7.92. The van der Waals surface area contributed by atoms with E-state index in [2.05, 4.69) is 5.32 Å². The first-order valence-corrected chi connectivity index (χ1v) is 5.39. The fourth-order valence-corrected chi connectivity index (χ4v) is 1.69. The zero-order chi connectivity index (χ0) is 12.4. The van der Waals surface area contributed by atoms with Crippen molar-refractivity contribution in [3.63, 3.8) is 0 Å². The first kappa shape index (κ1) is 12.5. The Morgan fingerprint density at radius 2 is 1.62 bits per heavy atom. The third kappa shape index (κ3) is 2.32. The molecule has 0 unspecified atom stereocenters. The Morgan fingerprint density at radius 3 is 2.00 bits per heavy atom. The monoisotopic (exact) mass is 253 g/mol. The highest BCUT2D eigenvalue weighted by Crippen LogP contribution is 2.30. The van der Waals surface area contributed by atoms with Crippen LogP contribution >= 0.6 is 0 Å². The van der Waals surface area contributed by atoms with Crippen LogP contribution in [0.3, 0.4) is 0 Å². The van der Waals surface area contributed by atoms with E-state index in [0.717, 1.165) is 24.3 Å². The molecule has 0 bridgehead atoms. The van der Waals surface area contributed by atoms with Crippen molar-refractivity contribution in [2.24, 2.45) is 0 Å². The van der Waals surface area contributed by atoms with Gasteiger partial charge in [0.25, 0.3) is 9.84 Å². The van der Waals surface area contributed by atoms with E-state index >= 15 is 0 Å². The van der Waals surface area contributed by atoms with Gasteiger partial charge in [-0.1, -0.05) is 0 Å². The van der Waals surface area contributed by atoms with E-state index in [-0.39, 0.29) is 5.69 Å². The zero-order valence-electron chi connectivity index (χ0n) is 7.65. The van der Waals surface area contributed by atoms with Crippen LogP contribution in [0.25, 0.3) is 0 Å². The topological polar surface area (TPSA) is 63.2 Å². The van der Waals surface area contributed by atoms with Crippen LogP contribution < -0.4 is 5.32 Å². The predicted molar refractivity (Wildman–Crippen MR) is 49.4 cm³/mol. The quantitative estimate of drug-likeness (QED) is 0.831. The second-order valence-electron chi connectivity index (χ2n) is 2.74. The van der Waals surface area contributed by atoms with Crippen LogP contribution in [0, 0.1) is 0 Å². The van der Waals surface area contributed by atoms with Crippen LogP contribution in [-0.2, 0) is 14.6 Å². The Bertz CT molecular complexity index is 478. The lowest BCUT2D eigenvalue weighted by Crippen LogP contribution is -2.23. The Labute approximate surface area is 89.0 Å². The third-order valence-electron chi connectivity index (χ3n) is 1.69. The number of rotatable bonds is 3. The van der Waals surface area contributed by atoms with Gasteiger partial charge in [-0.25, -0.2) is 8.42 Å². The summed E-state index contributed by atoms with van der Waals surface area (Å²) in [6.07, 6.45) is 0.327. The molecule has 88 valence electrons. The Balaban J connectivity index is 3.12. The van der Waals surface area contributed by atoms with E-state index in [9.17, 15) is 26.4 Å². The van der Waals surface area contributed by atoms with Crippen molar-refractivity contribution in [2.45, 2.75) is 10.4 Å². The fraction of sp³-hybridized carbons (Fsp3) is 0.125. The minimum Gasteiger partial charge on any atom is -0.329 e. The lowest BCUT2D eigenvalue weighted by molar-refractivity contribution is -0.105. The number of benzene rings is 1. The Kier molecular flexibility index (Phi) is 3.22. The van der Waals surface area contributed by atoms with Gasteiger partial charge in [-0.15, -0.1) is 0 Å². The molecule has 0 saturated heterocycles. The number of amides is 1. The molecule has 1 amide bonds. The fourth-order valence-electron chi connectivity index (χ4n) is 0.932. The van der Waals surface area contributed by atoms with Crippen molar-refractivity contribution in [3.8, 4) is 0 Å². The van der Waals surface area contributed by atoms with E-state index < -0.39 is 20.2 Å². The van der Waals surface area contributed by atoms with Crippen molar-refractivity contribution in [1.82, 2.24) is 0 Å². The summed E-state index contributed by atoms with van der Waals surface area (Å²) in [5, 5.41) is 2.17. The summed E-state index contributed by atoms with van der Waals surface area (Å²) >= 11 is 0. The van der Waals surface area contributed by atoms with Crippen molar-refractivity contribution < 1.29 is 26.4 Å². The minimum atomic E-state index is -5.33. The smallest absolute Gasteiger partial charge is 0.329 e. The molecule has 0 fully saturated rings. The molecule has 0 heterocycles. The molecule has 0 aliphatic heterocycles. The molecular formula is C8H6F3NO3S. The van der Waals surface area contributed by atoms with Gasteiger partial charge in [-0.3, -0.25) is 4.79 Å². The van der Waals surface area contributed by atoms with Gasteiger partial charge in [0.1, 0.15) is 0 Å². The highest BCUT2D eigenvalue weighted by atomic mass is 32.2. The van der Waals surface area contributed by atoms with E-state index in [4.69, 9.17) is 0 Å². The summed E-state index contributed by atoms with van der Waals surface area (Å²) in [7, 11) is -5.32. The number of halogens is 3. The van der Waals surface area contributed by atoms with Crippen LogP contribution in [0.1, 0.15) is 0 Å². The summed E-state index contributed by atoms with van der Waals surface area (Å²) in [6, 6.07) is 3.67. The molecule has 0 atom stereocenters. The van der Waals surface area contributed by atoms with Crippen LogP contribution in [0.5, 0.6) is 0 Å². The molecule has 0 aliphatic carbocycles. The number of hydrogen-bond acceptors (Lipinski definition) is 3. The summed E-state index contributed by atoms with van der Waals surface area (Å²) in [5.74, 6) is 0. The van der Waals surface area contributed by atoms with Crippen LogP contribution in [0.2, 0.25) is 0 Å². The summed E-state index contributed by atoms with van der Waals surface area (Å²) in [4.78, 5) is 9.14. The molecule has 1 aromatic carbocycles. The van der Waals surface area contributed by atoms with Crippen LogP contribution in [0.15, 0.2) is 29.2 Å². The second-order valence-corrected chi connectivity index (χ2v) is 4.68. The van der Waals surface area contributed by atoms with Gasteiger partial charge in [0.05, 0.1) is 4.90 Å². The maximum Gasteiger partial charge on any atom is 0.501 e. The van der Waals surface area contributed by atoms with Crippen LogP contribution in [0.4, 0.5) is 18.9 Å². The van der Waals surface area contributed by atoms with Gasteiger partial charge in [0.2, 0.25) is 6.41 Å². The average molecular weight is 253 g/mol. The molecule has 0 spiro atoms. The summed E-state index contributed by atoms with van der Waals surface area (Å²) in [5.41, 5.74) is -5.12. The average Bonchev–Trinajstić information content (AvgIpc) is 2.17. The molecule has 0 aromatic heterocycles. The first-order valence-electron chi connectivity index (χ1n) is 3.90. The molecule has 16 heavy (non-hydrogen) atoms.